The van der Waals surface area contributed by atoms with E-state index in [4.69, 9.17) is 11.6 Å². The third-order valence-corrected chi connectivity index (χ3v) is 6.00. The zero-order valence-electron chi connectivity index (χ0n) is 16.7. The van der Waals surface area contributed by atoms with Gasteiger partial charge in [0.2, 0.25) is 15.9 Å². The molecule has 0 radical (unpaired) electrons. The molecule has 1 aliphatic rings. The van der Waals surface area contributed by atoms with Gasteiger partial charge in [-0.1, -0.05) is 24.6 Å². The average molecular weight is 558 g/mol. The number of aliphatic imine (C=N–C) groups is 1. The van der Waals surface area contributed by atoms with E-state index in [1.807, 2.05) is 18.7 Å². The molecular formula is C18H29ClIN5O3S. The number of carbonyl (C=O) groups is 1. The number of carbonyl (C=O) groups excluding carboxylic acids is 1. The van der Waals surface area contributed by atoms with Crippen molar-refractivity contribution in [3.05, 3.63) is 29.3 Å². The highest BCUT2D eigenvalue weighted by Crippen LogP contribution is 2.15. The summed E-state index contributed by atoms with van der Waals surface area (Å²) in [4.78, 5) is 18.2. The lowest BCUT2D eigenvalue weighted by Gasteiger charge is -2.18. The lowest BCUT2D eigenvalue weighted by Crippen LogP contribution is -2.45. The van der Waals surface area contributed by atoms with Gasteiger partial charge in [-0.3, -0.25) is 9.79 Å². The highest BCUT2D eigenvalue weighted by atomic mass is 127. The van der Waals surface area contributed by atoms with Crippen molar-refractivity contribution in [2.45, 2.75) is 37.6 Å². The molecule has 1 unspecified atom stereocenters. The molecule has 0 saturated carbocycles. The van der Waals surface area contributed by atoms with Crippen molar-refractivity contribution in [1.82, 2.24) is 20.3 Å². The Hall–Kier alpha value is -1.11. The molecular weight excluding hydrogens is 529 g/mol. The molecule has 1 amide bonds. The molecule has 11 heteroatoms. The molecule has 29 heavy (non-hydrogen) atoms. The zero-order chi connectivity index (χ0) is 20.6. The van der Waals surface area contributed by atoms with Crippen molar-refractivity contribution in [1.29, 1.82) is 0 Å². The van der Waals surface area contributed by atoms with Crippen LogP contribution < -0.4 is 15.4 Å². The maximum Gasteiger partial charge on any atom is 0.240 e. The monoisotopic (exact) mass is 557 g/mol. The van der Waals surface area contributed by atoms with Gasteiger partial charge in [0.15, 0.2) is 5.96 Å². The van der Waals surface area contributed by atoms with Gasteiger partial charge in [0.1, 0.15) is 0 Å². The highest BCUT2D eigenvalue weighted by Gasteiger charge is 2.25. The predicted molar refractivity (Wildman–Crippen MR) is 126 cm³/mol. The lowest BCUT2D eigenvalue weighted by molar-refractivity contribution is -0.129. The summed E-state index contributed by atoms with van der Waals surface area (Å²) in [5.74, 6) is 0.766. The topological polar surface area (TPSA) is 103 Å². The molecule has 1 atom stereocenters. The van der Waals surface area contributed by atoms with Gasteiger partial charge >= 0.3 is 0 Å². The van der Waals surface area contributed by atoms with E-state index in [-0.39, 0.29) is 53.9 Å². The largest absolute Gasteiger partial charge is 0.357 e. The summed E-state index contributed by atoms with van der Waals surface area (Å²) in [7, 11) is -3.62. The fraction of sp³-hybridized carbons (Fsp3) is 0.556. The lowest BCUT2D eigenvalue weighted by atomic mass is 10.3. The van der Waals surface area contributed by atoms with Gasteiger partial charge in [-0.05, 0) is 31.5 Å². The minimum absolute atomic E-state index is 0. The summed E-state index contributed by atoms with van der Waals surface area (Å²) in [5, 5.41) is 6.83. The minimum Gasteiger partial charge on any atom is -0.357 e. The Morgan fingerprint density at radius 2 is 2.10 bits per heavy atom. The van der Waals surface area contributed by atoms with Crippen LogP contribution in [0, 0.1) is 0 Å². The second kappa shape index (κ2) is 12.6. The molecule has 0 bridgehead atoms. The fourth-order valence-electron chi connectivity index (χ4n) is 2.91. The van der Waals surface area contributed by atoms with E-state index in [1.165, 1.54) is 12.1 Å². The Labute approximate surface area is 194 Å². The molecule has 164 valence electrons. The van der Waals surface area contributed by atoms with Gasteiger partial charge in [0.05, 0.1) is 11.4 Å². The SMILES string of the molecule is CCNC(=NCCNS(=O)(=O)c1cccc(Cl)c1)NC1CCN(C(=O)CC)C1.I. The number of hydrogen-bond donors (Lipinski definition) is 3. The van der Waals surface area contributed by atoms with E-state index in [1.54, 1.807) is 12.1 Å². The molecule has 1 saturated heterocycles. The maximum atomic E-state index is 12.3. The van der Waals surface area contributed by atoms with Gasteiger partial charge in [0.25, 0.3) is 0 Å². The van der Waals surface area contributed by atoms with Crippen molar-refractivity contribution in [3.8, 4) is 0 Å². The number of likely N-dealkylation sites (tertiary alicyclic amines) is 1. The Balaban J connectivity index is 0.00000420. The maximum absolute atomic E-state index is 12.3. The van der Waals surface area contributed by atoms with Crippen LogP contribution in [0.4, 0.5) is 0 Å². The van der Waals surface area contributed by atoms with Crippen molar-refractivity contribution >= 4 is 57.5 Å². The molecule has 1 aliphatic heterocycles. The number of nitrogens with one attached hydrogen (secondary N) is 3. The first kappa shape index (κ1) is 25.9. The Kier molecular flexibility index (Phi) is 11.2. The number of guanidine groups is 1. The number of hydrogen-bond acceptors (Lipinski definition) is 4. The number of rotatable bonds is 8. The standard InChI is InChI=1S/C18H28ClN5O3S.HI/c1-3-17(25)24-11-8-15(13-24)23-18(20-4-2)21-9-10-22-28(26,27)16-7-5-6-14(19)12-16;/h5-7,12,15,22H,3-4,8-11,13H2,1-2H3,(H2,20,21,23);1H. The van der Waals surface area contributed by atoms with Crippen LogP contribution in [-0.2, 0) is 14.8 Å². The van der Waals surface area contributed by atoms with Crippen LogP contribution in [0.25, 0.3) is 0 Å². The van der Waals surface area contributed by atoms with Gasteiger partial charge in [-0.25, -0.2) is 13.1 Å². The van der Waals surface area contributed by atoms with Gasteiger partial charge < -0.3 is 15.5 Å². The Morgan fingerprint density at radius 1 is 1.34 bits per heavy atom. The summed E-state index contributed by atoms with van der Waals surface area (Å²) in [6.07, 6.45) is 1.37. The second-order valence-corrected chi connectivity index (χ2v) is 8.64. The molecule has 0 aliphatic carbocycles. The van der Waals surface area contributed by atoms with E-state index < -0.39 is 10.0 Å². The van der Waals surface area contributed by atoms with Crippen molar-refractivity contribution in [3.63, 3.8) is 0 Å². The van der Waals surface area contributed by atoms with Gasteiger partial charge in [-0.15, -0.1) is 24.0 Å². The first-order valence-electron chi connectivity index (χ1n) is 9.43. The van der Waals surface area contributed by atoms with E-state index in [0.29, 0.717) is 30.5 Å². The van der Waals surface area contributed by atoms with Crippen molar-refractivity contribution in [2.75, 3.05) is 32.7 Å². The Bertz CT molecular complexity index is 806. The average Bonchev–Trinajstić information content (AvgIpc) is 3.13. The predicted octanol–water partition coefficient (Wildman–Crippen LogP) is 1.80. The van der Waals surface area contributed by atoms with Crippen LogP contribution in [0.1, 0.15) is 26.7 Å². The van der Waals surface area contributed by atoms with E-state index >= 15 is 0 Å². The van der Waals surface area contributed by atoms with E-state index in [2.05, 4.69) is 20.3 Å². The van der Waals surface area contributed by atoms with Crippen LogP contribution in [0.5, 0.6) is 0 Å². The van der Waals surface area contributed by atoms with Crippen LogP contribution in [-0.4, -0.2) is 64.0 Å². The minimum atomic E-state index is -3.62. The summed E-state index contributed by atoms with van der Waals surface area (Å²) < 4.78 is 27.1. The van der Waals surface area contributed by atoms with Crippen LogP contribution in [0.15, 0.2) is 34.2 Å². The normalized spacial score (nSPS) is 17.0. The summed E-state index contributed by atoms with van der Waals surface area (Å²) in [6, 6.07) is 6.25. The second-order valence-electron chi connectivity index (χ2n) is 6.44. The molecule has 1 aromatic rings. The first-order chi connectivity index (χ1) is 13.4. The summed E-state index contributed by atoms with van der Waals surface area (Å²) >= 11 is 5.85. The molecule has 1 fully saturated rings. The summed E-state index contributed by atoms with van der Waals surface area (Å²) in [6.45, 7) is 6.34. The highest BCUT2D eigenvalue weighted by molar-refractivity contribution is 14.0. The summed E-state index contributed by atoms with van der Waals surface area (Å²) in [5.41, 5.74) is 0. The van der Waals surface area contributed by atoms with Crippen molar-refractivity contribution in [2.24, 2.45) is 4.99 Å². The number of benzene rings is 1. The molecule has 0 spiro atoms. The number of nitrogens with zero attached hydrogens (tertiary/aromatic N) is 2. The van der Waals surface area contributed by atoms with Crippen LogP contribution >= 0.6 is 35.6 Å². The van der Waals surface area contributed by atoms with Crippen LogP contribution in [0.2, 0.25) is 5.02 Å². The van der Waals surface area contributed by atoms with Crippen molar-refractivity contribution < 1.29 is 13.2 Å². The molecule has 1 aromatic carbocycles. The molecule has 0 aromatic heterocycles. The Morgan fingerprint density at radius 3 is 2.76 bits per heavy atom. The molecule has 8 nitrogen and oxygen atoms in total. The van der Waals surface area contributed by atoms with Crippen LogP contribution in [0.3, 0.4) is 0 Å². The molecule has 3 N–H and O–H groups in total. The third-order valence-electron chi connectivity index (χ3n) is 4.31. The molecule has 2 rings (SSSR count). The number of halogens is 2. The zero-order valence-corrected chi connectivity index (χ0v) is 20.6. The fourth-order valence-corrected chi connectivity index (χ4v) is 4.23. The van der Waals surface area contributed by atoms with E-state index in [9.17, 15) is 13.2 Å². The third kappa shape index (κ3) is 8.27. The van der Waals surface area contributed by atoms with Gasteiger partial charge in [-0.2, -0.15) is 0 Å². The first-order valence-corrected chi connectivity index (χ1v) is 11.3. The van der Waals surface area contributed by atoms with E-state index in [0.717, 1.165) is 13.0 Å². The van der Waals surface area contributed by atoms with Gasteiger partial charge in [0, 0.05) is 43.7 Å². The quantitative estimate of drug-likeness (QED) is 0.196. The number of sulfonamides is 1. The smallest absolute Gasteiger partial charge is 0.240 e. The molecule has 1 heterocycles. The number of amides is 1.